The van der Waals surface area contributed by atoms with Crippen LogP contribution in [0.5, 0.6) is 11.5 Å². The van der Waals surface area contributed by atoms with Gasteiger partial charge in [0.25, 0.3) is 5.91 Å². The third kappa shape index (κ3) is 6.87. The van der Waals surface area contributed by atoms with Crippen LogP contribution in [-0.4, -0.2) is 63.1 Å². The van der Waals surface area contributed by atoms with E-state index in [2.05, 4.69) is 15.1 Å². The maximum Gasteiger partial charge on any atom is 0.424 e. The van der Waals surface area contributed by atoms with Crippen molar-refractivity contribution in [1.82, 2.24) is 25.1 Å². The number of amides is 2. The maximum absolute atomic E-state index is 14.6. The number of ether oxygens (including phenoxy) is 2. The molecule has 0 spiro atoms. The van der Waals surface area contributed by atoms with Gasteiger partial charge >= 0.3 is 12.7 Å². The van der Waals surface area contributed by atoms with Crippen LogP contribution in [0.15, 0.2) is 36.7 Å². The summed E-state index contributed by atoms with van der Waals surface area (Å²) in [6, 6.07) is 4.23. The van der Waals surface area contributed by atoms with Gasteiger partial charge in [0.2, 0.25) is 11.5 Å². The van der Waals surface area contributed by atoms with Gasteiger partial charge in [-0.1, -0.05) is 23.2 Å². The molecule has 0 aliphatic heterocycles. The van der Waals surface area contributed by atoms with E-state index in [4.69, 9.17) is 38.4 Å². The zero-order valence-electron chi connectivity index (χ0n) is 23.3. The van der Waals surface area contributed by atoms with Crippen molar-refractivity contribution in [2.24, 2.45) is 5.73 Å². The molecule has 18 heteroatoms. The largest absolute Gasteiger partial charge is 0.494 e. The Morgan fingerprint density at radius 1 is 1.18 bits per heavy atom. The number of halogens is 7. The van der Waals surface area contributed by atoms with Crippen molar-refractivity contribution in [2.45, 2.75) is 31.7 Å². The Balaban J connectivity index is 1.81. The number of fused-ring (bicyclic) bond motifs is 1. The molecule has 1 atom stereocenters. The lowest BCUT2D eigenvalue weighted by Gasteiger charge is -2.31. The van der Waals surface area contributed by atoms with Gasteiger partial charge in [0, 0.05) is 34.5 Å². The topological polar surface area (TPSA) is 154 Å². The van der Waals surface area contributed by atoms with E-state index in [0.29, 0.717) is 4.68 Å². The zero-order chi connectivity index (χ0) is 33.3. The first kappa shape index (κ1) is 33.6. The van der Waals surface area contributed by atoms with Crippen molar-refractivity contribution >= 4 is 45.9 Å². The van der Waals surface area contributed by atoms with Crippen LogP contribution >= 0.6 is 23.2 Å². The molecule has 0 aliphatic rings. The Kier molecular flexibility index (Phi) is 9.70. The van der Waals surface area contributed by atoms with Crippen molar-refractivity contribution in [1.29, 1.82) is 0 Å². The van der Waals surface area contributed by atoms with Gasteiger partial charge in [-0.05, 0) is 31.2 Å². The fourth-order valence-corrected chi connectivity index (χ4v) is 4.59. The fourth-order valence-electron chi connectivity index (χ4n) is 4.32. The number of alkyl halides is 5. The summed E-state index contributed by atoms with van der Waals surface area (Å²) in [5.74, 6) is -2.29. The Morgan fingerprint density at radius 2 is 1.89 bits per heavy atom. The first-order valence-electron chi connectivity index (χ1n) is 12.8. The number of carbonyl (C=O) groups is 2. The summed E-state index contributed by atoms with van der Waals surface area (Å²) >= 11 is 12.0. The van der Waals surface area contributed by atoms with Crippen LogP contribution in [0.25, 0.3) is 22.2 Å². The molecule has 3 aromatic heterocycles. The van der Waals surface area contributed by atoms with Crippen molar-refractivity contribution in [3.8, 4) is 22.8 Å². The molecule has 0 aliphatic carbocycles. The summed E-state index contributed by atoms with van der Waals surface area (Å²) in [4.78, 5) is 32.8. The Hall–Kier alpha value is -4.28. The molecule has 11 nitrogen and oxygen atoms in total. The number of methoxy groups -OCH3 is 1. The normalized spacial score (nSPS) is 13.1. The van der Waals surface area contributed by atoms with Crippen LogP contribution in [0.3, 0.4) is 0 Å². The highest BCUT2D eigenvalue weighted by molar-refractivity contribution is 6.41. The van der Waals surface area contributed by atoms with E-state index in [-0.39, 0.29) is 61.6 Å². The van der Waals surface area contributed by atoms with Crippen LogP contribution < -0.4 is 20.5 Å². The van der Waals surface area contributed by atoms with Crippen molar-refractivity contribution in [2.75, 3.05) is 20.3 Å². The molecule has 45 heavy (non-hydrogen) atoms. The Bertz CT molecular complexity index is 1770. The van der Waals surface area contributed by atoms with E-state index in [9.17, 15) is 36.6 Å². The van der Waals surface area contributed by atoms with Crippen molar-refractivity contribution in [3.05, 3.63) is 63.7 Å². The smallest absolute Gasteiger partial charge is 0.424 e. The Labute approximate surface area is 261 Å². The van der Waals surface area contributed by atoms with E-state index >= 15 is 0 Å². The van der Waals surface area contributed by atoms with Gasteiger partial charge in [0.05, 0.1) is 37.4 Å². The number of nitrogens with zero attached hydrogens (tertiary/aromatic N) is 4. The summed E-state index contributed by atoms with van der Waals surface area (Å²) < 4.78 is 81.2. The van der Waals surface area contributed by atoms with E-state index in [0.717, 1.165) is 30.6 Å². The third-order valence-electron chi connectivity index (χ3n) is 6.44. The molecule has 0 bridgehead atoms. The highest BCUT2D eigenvalue weighted by Crippen LogP contribution is 2.42. The van der Waals surface area contributed by atoms with E-state index in [1.165, 1.54) is 13.2 Å². The summed E-state index contributed by atoms with van der Waals surface area (Å²) in [6.07, 6.45) is -3.99. The number of aromatic nitrogens is 4. The molecule has 0 saturated heterocycles. The average molecular weight is 677 g/mol. The number of pyridine rings is 2. The first-order chi connectivity index (χ1) is 21.1. The molecular weight excluding hydrogens is 654 g/mol. The third-order valence-corrected chi connectivity index (χ3v) is 7.13. The zero-order valence-corrected chi connectivity index (χ0v) is 24.8. The standard InChI is InChI=1S/C27H23Cl2F5N6O5/c1-3-45-22-12(8-19(35)41)7-18(38-21(22)14-5-16(28)23(29)36-9-14)26(43,27(32,33)34)11-37-24(42)13-4-15-10-40(25(30)31)39-20(15)17(6-13)44-2/h4-7,9-10,25,43H,3,8,11H2,1-2H3,(H2,35,41)(H,37,42)/t26-/m0/s1. The second kappa shape index (κ2) is 13.0. The fraction of sp³-hybridized carbons (Fsp3) is 0.296. The van der Waals surface area contributed by atoms with E-state index in [1.54, 1.807) is 6.92 Å². The number of nitrogens with one attached hydrogen (secondary N) is 1. The summed E-state index contributed by atoms with van der Waals surface area (Å²) in [5.41, 5.74) is -0.236. The molecule has 0 fully saturated rings. The molecule has 0 saturated carbocycles. The van der Waals surface area contributed by atoms with E-state index < -0.39 is 48.8 Å². The number of primary amides is 1. The van der Waals surface area contributed by atoms with Gasteiger partial charge in [0.1, 0.15) is 27.9 Å². The van der Waals surface area contributed by atoms with Gasteiger partial charge in [0.15, 0.2) is 0 Å². The number of hydrogen-bond donors (Lipinski definition) is 3. The van der Waals surface area contributed by atoms with Gasteiger partial charge in [-0.25, -0.2) is 14.6 Å². The lowest BCUT2D eigenvalue weighted by molar-refractivity contribution is -0.265. The lowest BCUT2D eigenvalue weighted by atomic mass is 9.94. The average Bonchev–Trinajstić information content (AvgIpc) is 3.41. The minimum atomic E-state index is -5.45. The molecule has 240 valence electrons. The molecular formula is C27H23Cl2F5N6O5. The number of nitrogens with two attached hydrogens (primary N) is 1. The molecule has 0 unspecified atom stereocenters. The number of hydrogen-bond acceptors (Lipinski definition) is 8. The highest BCUT2D eigenvalue weighted by Gasteiger charge is 2.56. The minimum Gasteiger partial charge on any atom is -0.494 e. The molecule has 4 rings (SSSR count). The summed E-state index contributed by atoms with van der Waals surface area (Å²) in [5, 5.41) is 16.7. The predicted molar refractivity (Wildman–Crippen MR) is 151 cm³/mol. The highest BCUT2D eigenvalue weighted by atomic mass is 35.5. The van der Waals surface area contributed by atoms with Crippen LogP contribution in [0, 0.1) is 0 Å². The molecule has 3 heterocycles. The van der Waals surface area contributed by atoms with E-state index in [1.807, 2.05) is 5.32 Å². The number of rotatable bonds is 11. The van der Waals surface area contributed by atoms with Crippen LogP contribution in [0.4, 0.5) is 22.0 Å². The summed E-state index contributed by atoms with van der Waals surface area (Å²) in [6.45, 7) is -2.90. The van der Waals surface area contributed by atoms with Crippen molar-refractivity contribution in [3.63, 3.8) is 0 Å². The minimum absolute atomic E-state index is 0.00183. The SMILES string of the molecule is CCOc1c(CC(N)=O)cc([C@@](O)(CNC(=O)c2cc(OC)c3nn(C(F)F)cc3c2)C(F)(F)F)nc1-c1cnc(Cl)c(Cl)c1. The van der Waals surface area contributed by atoms with Crippen LogP contribution in [0.1, 0.15) is 35.1 Å². The second-order valence-corrected chi connectivity index (χ2v) is 10.2. The number of carbonyl (C=O) groups excluding carboxylic acids is 2. The predicted octanol–water partition coefficient (Wildman–Crippen LogP) is 4.81. The lowest BCUT2D eigenvalue weighted by Crippen LogP contribution is -2.51. The van der Waals surface area contributed by atoms with Crippen LogP contribution in [0.2, 0.25) is 10.2 Å². The molecule has 0 radical (unpaired) electrons. The monoisotopic (exact) mass is 676 g/mol. The second-order valence-electron chi connectivity index (χ2n) is 9.46. The van der Waals surface area contributed by atoms with Crippen molar-refractivity contribution < 1.29 is 46.1 Å². The summed E-state index contributed by atoms with van der Waals surface area (Å²) in [7, 11) is 1.18. The molecule has 2 amide bonds. The molecule has 4 aromatic rings. The van der Waals surface area contributed by atoms with Gasteiger partial charge < -0.3 is 25.6 Å². The molecule has 1 aromatic carbocycles. The van der Waals surface area contributed by atoms with Gasteiger partial charge in [-0.3, -0.25) is 9.59 Å². The van der Waals surface area contributed by atoms with Crippen LogP contribution in [-0.2, 0) is 16.8 Å². The molecule has 4 N–H and O–H groups in total. The maximum atomic E-state index is 14.6. The number of benzene rings is 1. The first-order valence-corrected chi connectivity index (χ1v) is 13.5. The van der Waals surface area contributed by atoms with Gasteiger partial charge in [-0.2, -0.15) is 27.1 Å². The number of aliphatic hydroxyl groups is 1. The van der Waals surface area contributed by atoms with Gasteiger partial charge in [-0.15, -0.1) is 0 Å². The Morgan fingerprint density at radius 3 is 2.47 bits per heavy atom. The quantitative estimate of drug-likeness (QED) is 0.151.